The van der Waals surface area contributed by atoms with E-state index in [-0.39, 0.29) is 18.1 Å². The molecule has 3 rings (SSSR count). The van der Waals surface area contributed by atoms with Gasteiger partial charge in [-0.2, -0.15) is 0 Å². The number of carbonyl (C=O) groups is 1. The van der Waals surface area contributed by atoms with Crippen LogP contribution in [0.2, 0.25) is 0 Å². The van der Waals surface area contributed by atoms with Crippen LogP contribution in [-0.2, 0) is 0 Å². The third kappa shape index (κ3) is 5.05. The summed E-state index contributed by atoms with van der Waals surface area (Å²) in [5, 5.41) is 10.2. The van der Waals surface area contributed by atoms with Crippen LogP contribution in [0.25, 0.3) is 0 Å². The molecule has 0 amide bonds. The molecule has 1 unspecified atom stereocenters. The number of aliphatic hydroxyl groups is 1. The Morgan fingerprint density at radius 1 is 1.11 bits per heavy atom. The van der Waals surface area contributed by atoms with Crippen LogP contribution < -0.4 is 9.64 Å². The molecule has 28 heavy (non-hydrogen) atoms. The van der Waals surface area contributed by atoms with Gasteiger partial charge in [-0.1, -0.05) is 12.1 Å². The lowest BCUT2D eigenvalue weighted by molar-refractivity contribution is 0.0649. The number of anilines is 1. The highest BCUT2D eigenvalue weighted by molar-refractivity contribution is 5.94. The molecule has 1 saturated heterocycles. The predicted molar refractivity (Wildman–Crippen MR) is 103 cm³/mol. The number of rotatable bonds is 7. The van der Waals surface area contributed by atoms with Crippen molar-refractivity contribution in [3.05, 3.63) is 59.7 Å². The number of nitrogens with zero attached hydrogens (tertiary/aromatic N) is 2. The summed E-state index contributed by atoms with van der Waals surface area (Å²) in [5.74, 6) is -0.904. The highest BCUT2D eigenvalue weighted by atomic mass is 19.1. The summed E-state index contributed by atoms with van der Waals surface area (Å²) < 4.78 is 33.2. The fourth-order valence-electron chi connectivity index (χ4n) is 3.25. The van der Waals surface area contributed by atoms with E-state index in [1.54, 1.807) is 24.3 Å². The molecule has 1 aliphatic heterocycles. The van der Waals surface area contributed by atoms with Crippen LogP contribution in [0.5, 0.6) is 5.75 Å². The van der Waals surface area contributed by atoms with Gasteiger partial charge in [-0.05, 0) is 37.3 Å². The molecule has 5 nitrogen and oxygen atoms in total. The van der Waals surface area contributed by atoms with Crippen molar-refractivity contribution in [2.75, 3.05) is 44.2 Å². The second-order valence-corrected chi connectivity index (χ2v) is 6.91. The quantitative estimate of drug-likeness (QED) is 0.737. The van der Waals surface area contributed by atoms with Crippen LogP contribution in [0.1, 0.15) is 17.3 Å². The summed E-state index contributed by atoms with van der Waals surface area (Å²) in [6, 6.07) is 10.6. The number of aliphatic hydroxyl groups excluding tert-OH is 1. The molecule has 2 aromatic rings. The van der Waals surface area contributed by atoms with Crippen LogP contribution in [0, 0.1) is 11.6 Å². The molecule has 0 aromatic heterocycles. The molecule has 0 spiro atoms. The van der Waals surface area contributed by atoms with E-state index < -0.39 is 17.7 Å². The van der Waals surface area contributed by atoms with Gasteiger partial charge in [0.15, 0.2) is 17.3 Å². The number of β-amino-alcohol motifs (C(OH)–C–C–N with tert-alkyl or cyclic N) is 1. The predicted octanol–water partition coefficient (Wildman–Crippen LogP) is 2.73. The Kier molecular flexibility index (Phi) is 6.59. The molecule has 2 aromatic carbocycles. The number of Topliss-reactive ketones (excluding diaryl/α,β-unsaturated/α-hetero) is 1. The SMILES string of the molecule is CC(=O)c1ccc(N2CCN(CC(O)COc3ccccc3F)CC2)c(F)c1. The minimum atomic E-state index is -0.752. The highest BCUT2D eigenvalue weighted by Gasteiger charge is 2.22. The van der Waals surface area contributed by atoms with Gasteiger partial charge in [0, 0.05) is 38.3 Å². The molecule has 1 aliphatic rings. The average molecular weight is 390 g/mol. The lowest BCUT2D eigenvalue weighted by atomic mass is 10.1. The maximum absolute atomic E-state index is 14.3. The van der Waals surface area contributed by atoms with Gasteiger partial charge in [-0.15, -0.1) is 0 Å². The molecule has 1 heterocycles. The number of hydrogen-bond acceptors (Lipinski definition) is 5. The first kappa shape index (κ1) is 20.2. The minimum absolute atomic E-state index is 0.00227. The van der Waals surface area contributed by atoms with E-state index in [9.17, 15) is 18.7 Å². The highest BCUT2D eigenvalue weighted by Crippen LogP contribution is 2.22. The van der Waals surface area contributed by atoms with E-state index in [0.717, 1.165) is 0 Å². The molecular formula is C21H24F2N2O3. The van der Waals surface area contributed by atoms with Gasteiger partial charge in [-0.3, -0.25) is 9.69 Å². The summed E-state index contributed by atoms with van der Waals surface area (Å²) in [4.78, 5) is 15.3. The molecule has 1 fully saturated rings. The van der Waals surface area contributed by atoms with E-state index in [1.165, 1.54) is 25.1 Å². The van der Waals surface area contributed by atoms with Gasteiger partial charge in [-0.25, -0.2) is 8.78 Å². The van der Waals surface area contributed by atoms with Gasteiger partial charge < -0.3 is 14.7 Å². The Bertz CT molecular complexity index is 823. The number of hydrogen-bond donors (Lipinski definition) is 1. The largest absolute Gasteiger partial charge is 0.488 e. The average Bonchev–Trinajstić information content (AvgIpc) is 2.68. The summed E-state index contributed by atoms with van der Waals surface area (Å²) >= 11 is 0. The van der Waals surface area contributed by atoms with E-state index in [0.29, 0.717) is 44.0 Å². The standard InChI is InChI=1S/C21H24F2N2O3/c1-15(26)16-6-7-20(19(23)12-16)25-10-8-24(9-11-25)13-17(27)14-28-21-5-3-2-4-18(21)22/h2-7,12,17,27H,8-11,13-14H2,1H3. The number of halogens is 2. The molecule has 0 radical (unpaired) electrons. The second-order valence-electron chi connectivity index (χ2n) is 6.91. The molecule has 1 N–H and O–H groups in total. The monoisotopic (exact) mass is 390 g/mol. The summed E-state index contributed by atoms with van der Waals surface area (Å²) in [6.07, 6.45) is -0.752. The summed E-state index contributed by atoms with van der Waals surface area (Å²) in [7, 11) is 0. The van der Waals surface area contributed by atoms with Crippen molar-refractivity contribution in [1.29, 1.82) is 0 Å². The van der Waals surface area contributed by atoms with Crippen molar-refractivity contribution in [2.24, 2.45) is 0 Å². The van der Waals surface area contributed by atoms with E-state index in [4.69, 9.17) is 4.74 Å². The Morgan fingerprint density at radius 3 is 2.46 bits per heavy atom. The first-order valence-corrected chi connectivity index (χ1v) is 9.27. The fourth-order valence-corrected chi connectivity index (χ4v) is 3.25. The summed E-state index contributed by atoms with van der Waals surface area (Å²) in [6.45, 7) is 4.34. The molecule has 0 bridgehead atoms. The Hall–Kier alpha value is -2.51. The molecule has 0 saturated carbocycles. The van der Waals surface area contributed by atoms with Crippen LogP contribution in [0.3, 0.4) is 0 Å². The van der Waals surface area contributed by atoms with Crippen molar-refractivity contribution in [1.82, 2.24) is 4.90 Å². The van der Waals surface area contributed by atoms with Gasteiger partial charge in [0.1, 0.15) is 18.5 Å². The lowest BCUT2D eigenvalue weighted by Gasteiger charge is -2.37. The molecular weight excluding hydrogens is 366 g/mol. The van der Waals surface area contributed by atoms with Crippen LogP contribution in [0.15, 0.2) is 42.5 Å². The Balaban J connectivity index is 1.47. The zero-order valence-corrected chi connectivity index (χ0v) is 15.8. The van der Waals surface area contributed by atoms with Gasteiger partial charge in [0.05, 0.1) is 5.69 Å². The first-order valence-electron chi connectivity index (χ1n) is 9.27. The van der Waals surface area contributed by atoms with E-state index in [2.05, 4.69) is 4.90 Å². The Morgan fingerprint density at radius 2 is 1.82 bits per heavy atom. The molecule has 150 valence electrons. The number of para-hydroxylation sites is 1. The number of piperazine rings is 1. The van der Waals surface area contributed by atoms with Gasteiger partial charge >= 0.3 is 0 Å². The zero-order valence-electron chi connectivity index (χ0n) is 15.8. The molecule has 1 atom stereocenters. The van der Waals surface area contributed by atoms with Gasteiger partial charge in [0.25, 0.3) is 0 Å². The smallest absolute Gasteiger partial charge is 0.165 e. The maximum Gasteiger partial charge on any atom is 0.165 e. The maximum atomic E-state index is 14.3. The number of carbonyl (C=O) groups excluding carboxylic acids is 1. The first-order chi connectivity index (χ1) is 13.4. The Labute approximate surface area is 163 Å². The van der Waals surface area contributed by atoms with Crippen LogP contribution >= 0.6 is 0 Å². The van der Waals surface area contributed by atoms with E-state index >= 15 is 0 Å². The molecule has 7 heteroatoms. The second kappa shape index (κ2) is 9.12. The third-order valence-corrected chi connectivity index (χ3v) is 4.80. The third-order valence-electron chi connectivity index (χ3n) is 4.80. The van der Waals surface area contributed by atoms with E-state index in [1.807, 2.05) is 4.90 Å². The van der Waals surface area contributed by atoms with Crippen molar-refractivity contribution in [3.8, 4) is 5.75 Å². The topological polar surface area (TPSA) is 53.0 Å². The normalized spacial score (nSPS) is 16.1. The van der Waals surface area contributed by atoms with Crippen molar-refractivity contribution in [2.45, 2.75) is 13.0 Å². The lowest BCUT2D eigenvalue weighted by Crippen LogP contribution is -2.49. The number of benzene rings is 2. The fraction of sp³-hybridized carbons (Fsp3) is 0.381. The van der Waals surface area contributed by atoms with Crippen molar-refractivity contribution in [3.63, 3.8) is 0 Å². The zero-order chi connectivity index (χ0) is 20.1. The minimum Gasteiger partial charge on any atom is -0.488 e. The number of ketones is 1. The van der Waals surface area contributed by atoms with Crippen molar-refractivity contribution < 1.29 is 23.4 Å². The van der Waals surface area contributed by atoms with Crippen molar-refractivity contribution >= 4 is 11.5 Å². The summed E-state index contributed by atoms with van der Waals surface area (Å²) in [5.41, 5.74) is 0.839. The van der Waals surface area contributed by atoms with Crippen LogP contribution in [-0.4, -0.2) is 61.2 Å². The molecule has 0 aliphatic carbocycles. The number of ether oxygens (including phenoxy) is 1. The van der Waals surface area contributed by atoms with Gasteiger partial charge in [0.2, 0.25) is 0 Å². The van der Waals surface area contributed by atoms with Crippen LogP contribution in [0.4, 0.5) is 14.5 Å².